The van der Waals surface area contributed by atoms with Crippen LogP contribution >= 0.6 is 0 Å². The molecule has 0 spiro atoms. The number of ether oxygens (including phenoxy) is 1. The Morgan fingerprint density at radius 2 is 1.32 bits per heavy atom. The van der Waals surface area contributed by atoms with E-state index in [0.717, 1.165) is 11.3 Å². The summed E-state index contributed by atoms with van der Waals surface area (Å²) in [6.07, 6.45) is 0. The molecular weight excluding hydrogens is 395 g/mol. The highest BCUT2D eigenvalue weighted by molar-refractivity contribution is 5.96. The fourth-order valence-corrected chi connectivity index (χ4v) is 3.59. The molecule has 1 saturated heterocycles. The predicted molar refractivity (Wildman–Crippen MR) is 115 cm³/mol. The van der Waals surface area contributed by atoms with Crippen LogP contribution in [0.2, 0.25) is 0 Å². The number of halogens is 1. The van der Waals surface area contributed by atoms with Crippen molar-refractivity contribution in [3.63, 3.8) is 0 Å². The summed E-state index contributed by atoms with van der Waals surface area (Å²) < 4.78 is 18.9. The van der Waals surface area contributed by atoms with Gasteiger partial charge >= 0.3 is 0 Å². The molecule has 1 aliphatic rings. The highest BCUT2D eigenvalue weighted by Crippen LogP contribution is 2.18. The van der Waals surface area contributed by atoms with Gasteiger partial charge in [-0.1, -0.05) is 36.4 Å². The largest absolute Gasteiger partial charge is 0.489 e. The van der Waals surface area contributed by atoms with E-state index in [1.807, 2.05) is 54.6 Å². The van der Waals surface area contributed by atoms with Crippen molar-refractivity contribution in [1.29, 1.82) is 0 Å². The molecule has 0 N–H and O–H groups in total. The first-order valence-electron chi connectivity index (χ1n) is 10.2. The molecule has 6 heteroatoms. The van der Waals surface area contributed by atoms with Gasteiger partial charge in [0.2, 0.25) is 0 Å². The van der Waals surface area contributed by atoms with E-state index in [-0.39, 0.29) is 17.6 Å². The summed E-state index contributed by atoms with van der Waals surface area (Å²) in [5, 5.41) is 0. The standard InChI is InChI=1S/C25H23FN2O3/c26-21-12-10-19(11-13-21)24(29)27-14-16-28(17-15-27)25(30)23-9-5-4-6-20(23)18-31-22-7-2-1-3-8-22/h1-13H,14-18H2. The van der Waals surface area contributed by atoms with Gasteiger partial charge in [0.1, 0.15) is 18.2 Å². The van der Waals surface area contributed by atoms with Gasteiger partial charge < -0.3 is 14.5 Å². The number of amides is 2. The summed E-state index contributed by atoms with van der Waals surface area (Å²) in [5.74, 6) is 0.157. The van der Waals surface area contributed by atoms with Crippen molar-refractivity contribution in [1.82, 2.24) is 9.80 Å². The Hall–Kier alpha value is -3.67. The Kier molecular flexibility index (Phi) is 6.26. The molecular formula is C25H23FN2O3. The van der Waals surface area contributed by atoms with Gasteiger partial charge in [-0.2, -0.15) is 0 Å². The molecule has 0 unspecified atom stereocenters. The number of hydrogen-bond donors (Lipinski definition) is 0. The van der Waals surface area contributed by atoms with Gasteiger partial charge in [-0.25, -0.2) is 4.39 Å². The fraction of sp³-hybridized carbons (Fsp3) is 0.200. The lowest BCUT2D eigenvalue weighted by Crippen LogP contribution is -2.50. The molecule has 2 amide bonds. The molecule has 0 radical (unpaired) electrons. The van der Waals surface area contributed by atoms with E-state index in [1.54, 1.807) is 9.80 Å². The zero-order chi connectivity index (χ0) is 21.6. The fourth-order valence-electron chi connectivity index (χ4n) is 3.59. The SMILES string of the molecule is O=C(c1ccc(F)cc1)N1CCN(C(=O)c2ccccc2COc2ccccc2)CC1. The van der Waals surface area contributed by atoms with Crippen LogP contribution in [-0.4, -0.2) is 47.8 Å². The Balaban J connectivity index is 1.38. The van der Waals surface area contributed by atoms with Crippen molar-refractivity contribution < 1.29 is 18.7 Å². The minimum atomic E-state index is -0.373. The van der Waals surface area contributed by atoms with E-state index < -0.39 is 0 Å². The summed E-state index contributed by atoms with van der Waals surface area (Å²) in [7, 11) is 0. The van der Waals surface area contributed by atoms with Gasteiger partial charge in [0.05, 0.1) is 0 Å². The third-order valence-electron chi connectivity index (χ3n) is 5.33. The summed E-state index contributed by atoms with van der Waals surface area (Å²) in [4.78, 5) is 29.2. The highest BCUT2D eigenvalue weighted by atomic mass is 19.1. The van der Waals surface area contributed by atoms with E-state index >= 15 is 0 Å². The van der Waals surface area contributed by atoms with E-state index in [2.05, 4.69) is 0 Å². The van der Waals surface area contributed by atoms with Crippen LogP contribution < -0.4 is 4.74 Å². The Morgan fingerprint density at radius 1 is 0.742 bits per heavy atom. The van der Waals surface area contributed by atoms with E-state index in [0.29, 0.717) is 43.9 Å². The van der Waals surface area contributed by atoms with Crippen molar-refractivity contribution in [3.05, 3.63) is 101 Å². The molecule has 158 valence electrons. The molecule has 31 heavy (non-hydrogen) atoms. The third-order valence-corrected chi connectivity index (χ3v) is 5.33. The van der Waals surface area contributed by atoms with Gasteiger partial charge in [-0.05, 0) is 42.5 Å². The molecule has 1 fully saturated rings. The molecule has 1 heterocycles. The van der Waals surface area contributed by atoms with Crippen LogP contribution in [0.15, 0.2) is 78.9 Å². The van der Waals surface area contributed by atoms with Gasteiger partial charge in [-0.15, -0.1) is 0 Å². The molecule has 3 aromatic carbocycles. The van der Waals surface area contributed by atoms with Crippen LogP contribution in [-0.2, 0) is 6.61 Å². The molecule has 0 aromatic heterocycles. The van der Waals surface area contributed by atoms with Gasteiger partial charge in [0.15, 0.2) is 0 Å². The molecule has 1 aliphatic heterocycles. The maximum absolute atomic E-state index is 13.1. The lowest BCUT2D eigenvalue weighted by molar-refractivity contribution is 0.0534. The average molecular weight is 418 g/mol. The van der Waals surface area contributed by atoms with Crippen molar-refractivity contribution in [3.8, 4) is 5.75 Å². The quantitative estimate of drug-likeness (QED) is 0.629. The number of nitrogens with zero attached hydrogens (tertiary/aromatic N) is 2. The monoisotopic (exact) mass is 418 g/mol. The van der Waals surface area contributed by atoms with Crippen LogP contribution in [0, 0.1) is 5.82 Å². The number of para-hydroxylation sites is 1. The summed E-state index contributed by atoms with van der Waals surface area (Å²) >= 11 is 0. The minimum absolute atomic E-state index is 0.0684. The number of piperazine rings is 1. The molecule has 0 saturated carbocycles. The first-order valence-corrected chi connectivity index (χ1v) is 10.2. The molecule has 3 aromatic rings. The lowest BCUT2D eigenvalue weighted by atomic mass is 10.1. The molecule has 0 aliphatic carbocycles. The number of hydrogen-bond acceptors (Lipinski definition) is 3. The normalized spacial score (nSPS) is 13.7. The second-order valence-electron chi connectivity index (χ2n) is 7.35. The van der Waals surface area contributed by atoms with Crippen LogP contribution in [0.3, 0.4) is 0 Å². The van der Waals surface area contributed by atoms with Crippen molar-refractivity contribution in [2.24, 2.45) is 0 Å². The van der Waals surface area contributed by atoms with Crippen LogP contribution in [0.25, 0.3) is 0 Å². The lowest BCUT2D eigenvalue weighted by Gasteiger charge is -2.35. The van der Waals surface area contributed by atoms with E-state index in [4.69, 9.17) is 4.74 Å². The second kappa shape index (κ2) is 9.43. The number of carbonyl (C=O) groups is 2. The maximum atomic E-state index is 13.1. The highest BCUT2D eigenvalue weighted by Gasteiger charge is 2.26. The molecule has 5 nitrogen and oxygen atoms in total. The summed E-state index contributed by atoms with van der Waals surface area (Å²) in [6.45, 7) is 2.06. The number of rotatable bonds is 5. The Morgan fingerprint density at radius 3 is 2.00 bits per heavy atom. The predicted octanol–water partition coefficient (Wildman–Crippen LogP) is 4.00. The minimum Gasteiger partial charge on any atom is -0.489 e. The van der Waals surface area contributed by atoms with Gasteiger partial charge in [0, 0.05) is 42.9 Å². The van der Waals surface area contributed by atoms with Crippen LogP contribution in [0.1, 0.15) is 26.3 Å². The number of benzene rings is 3. The second-order valence-corrected chi connectivity index (χ2v) is 7.35. The topological polar surface area (TPSA) is 49.9 Å². The first kappa shape index (κ1) is 20.6. The third kappa shape index (κ3) is 4.91. The first-order chi connectivity index (χ1) is 15.1. The van der Waals surface area contributed by atoms with Crippen molar-refractivity contribution in [2.45, 2.75) is 6.61 Å². The van der Waals surface area contributed by atoms with Crippen LogP contribution in [0.5, 0.6) is 5.75 Å². The molecule has 0 atom stereocenters. The molecule has 4 rings (SSSR count). The Labute approximate surface area is 180 Å². The van der Waals surface area contributed by atoms with Crippen molar-refractivity contribution in [2.75, 3.05) is 26.2 Å². The summed E-state index contributed by atoms with van der Waals surface area (Å²) in [6, 6.07) is 22.4. The van der Waals surface area contributed by atoms with Gasteiger partial charge in [0.25, 0.3) is 11.8 Å². The van der Waals surface area contributed by atoms with Crippen molar-refractivity contribution >= 4 is 11.8 Å². The maximum Gasteiger partial charge on any atom is 0.254 e. The van der Waals surface area contributed by atoms with E-state index in [9.17, 15) is 14.0 Å². The summed E-state index contributed by atoms with van der Waals surface area (Å²) in [5.41, 5.74) is 1.88. The zero-order valence-corrected chi connectivity index (χ0v) is 17.0. The average Bonchev–Trinajstić information content (AvgIpc) is 2.83. The smallest absolute Gasteiger partial charge is 0.254 e. The zero-order valence-electron chi connectivity index (χ0n) is 17.0. The molecule has 0 bridgehead atoms. The van der Waals surface area contributed by atoms with Gasteiger partial charge in [-0.3, -0.25) is 9.59 Å². The Bertz CT molecular complexity index is 1050. The van der Waals surface area contributed by atoms with Crippen LogP contribution in [0.4, 0.5) is 4.39 Å². The van der Waals surface area contributed by atoms with E-state index in [1.165, 1.54) is 24.3 Å². The number of carbonyl (C=O) groups excluding carboxylic acids is 2.